The summed E-state index contributed by atoms with van der Waals surface area (Å²) in [6.45, 7) is 2.09. The molecular formula is C8H12ClNO. The molecule has 1 atom stereocenters. The summed E-state index contributed by atoms with van der Waals surface area (Å²) in [6.07, 6.45) is 1.99. The van der Waals surface area contributed by atoms with Crippen LogP contribution in [0, 0.1) is 0 Å². The van der Waals surface area contributed by atoms with Crippen LogP contribution in [0.3, 0.4) is 0 Å². The Kier molecular flexibility index (Phi) is 2.97. The lowest BCUT2D eigenvalue weighted by Gasteiger charge is -2.04. The normalized spacial score (nSPS) is 13.4. The first kappa shape index (κ1) is 8.62. The summed E-state index contributed by atoms with van der Waals surface area (Å²) in [6, 6.07) is 3.53. The zero-order valence-electron chi connectivity index (χ0n) is 6.51. The highest BCUT2D eigenvalue weighted by Crippen LogP contribution is 2.20. The second kappa shape index (κ2) is 3.79. The third-order valence-corrected chi connectivity index (χ3v) is 1.76. The van der Waals surface area contributed by atoms with E-state index >= 15 is 0 Å². The number of nitrogens with two attached hydrogens (primary N) is 1. The van der Waals surface area contributed by atoms with Crippen LogP contribution in [0.15, 0.2) is 16.5 Å². The monoisotopic (exact) mass is 173 g/mol. The fourth-order valence-corrected chi connectivity index (χ4v) is 1.13. The molecule has 1 heterocycles. The van der Waals surface area contributed by atoms with Crippen LogP contribution in [0.1, 0.15) is 31.6 Å². The molecule has 2 N–H and O–H groups in total. The van der Waals surface area contributed by atoms with E-state index in [1.54, 1.807) is 6.07 Å². The summed E-state index contributed by atoms with van der Waals surface area (Å²) >= 11 is 5.58. The van der Waals surface area contributed by atoms with Crippen molar-refractivity contribution in [2.45, 2.75) is 25.8 Å². The number of hydrogen-bond acceptors (Lipinski definition) is 2. The Hall–Kier alpha value is -0.470. The number of rotatable bonds is 3. The Bertz CT molecular complexity index is 222. The maximum Gasteiger partial charge on any atom is 0.193 e. The van der Waals surface area contributed by atoms with Crippen molar-refractivity contribution >= 4 is 11.6 Å². The minimum Gasteiger partial charge on any atom is -0.448 e. The van der Waals surface area contributed by atoms with Crippen molar-refractivity contribution in [1.82, 2.24) is 0 Å². The predicted molar refractivity (Wildman–Crippen MR) is 45.6 cm³/mol. The van der Waals surface area contributed by atoms with Crippen LogP contribution in [0.4, 0.5) is 0 Å². The largest absolute Gasteiger partial charge is 0.448 e. The summed E-state index contributed by atoms with van der Waals surface area (Å²) in [5.41, 5.74) is 5.77. The summed E-state index contributed by atoms with van der Waals surface area (Å²) in [5, 5.41) is 0.409. The highest BCUT2D eigenvalue weighted by Gasteiger charge is 2.08. The molecule has 1 aromatic heterocycles. The Morgan fingerprint density at radius 1 is 1.64 bits per heavy atom. The Balaban J connectivity index is 2.60. The number of furan rings is 1. The van der Waals surface area contributed by atoms with E-state index in [2.05, 4.69) is 6.92 Å². The average Bonchev–Trinajstić information content (AvgIpc) is 2.36. The molecule has 0 spiro atoms. The molecule has 11 heavy (non-hydrogen) atoms. The Morgan fingerprint density at radius 2 is 2.36 bits per heavy atom. The van der Waals surface area contributed by atoms with Gasteiger partial charge in [-0.25, -0.2) is 0 Å². The van der Waals surface area contributed by atoms with Gasteiger partial charge < -0.3 is 10.2 Å². The van der Waals surface area contributed by atoms with Gasteiger partial charge >= 0.3 is 0 Å². The molecule has 0 aliphatic rings. The van der Waals surface area contributed by atoms with Crippen molar-refractivity contribution in [3.63, 3.8) is 0 Å². The number of hydrogen-bond donors (Lipinski definition) is 1. The first-order valence-corrected chi connectivity index (χ1v) is 4.12. The van der Waals surface area contributed by atoms with Crippen LogP contribution in [-0.4, -0.2) is 0 Å². The van der Waals surface area contributed by atoms with Crippen LogP contribution in [-0.2, 0) is 0 Å². The number of halogens is 1. The Labute approximate surface area is 71.3 Å². The standard InChI is InChI=1S/C8H12ClNO/c1-2-3-6(10)7-4-5-8(9)11-7/h4-6H,2-3,10H2,1H3/t6-/m0/s1. The molecule has 62 valence electrons. The third-order valence-electron chi connectivity index (χ3n) is 1.56. The van der Waals surface area contributed by atoms with Gasteiger partial charge in [0.05, 0.1) is 6.04 Å². The first-order chi connectivity index (χ1) is 5.24. The van der Waals surface area contributed by atoms with Gasteiger partial charge in [0.25, 0.3) is 0 Å². The van der Waals surface area contributed by atoms with E-state index in [4.69, 9.17) is 21.8 Å². The molecule has 0 aromatic carbocycles. The van der Waals surface area contributed by atoms with E-state index in [1.807, 2.05) is 6.07 Å². The van der Waals surface area contributed by atoms with Gasteiger partial charge in [-0.1, -0.05) is 13.3 Å². The van der Waals surface area contributed by atoms with E-state index in [-0.39, 0.29) is 6.04 Å². The zero-order chi connectivity index (χ0) is 8.27. The quantitative estimate of drug-likeness (QED) is 0.764. The lowest BCUT2D eigenvalue weighted by molar-refractivity contribution is 0.451. The minimum absolute atomic E-state index is 0.00694. The van der Waals surface area contributed by atoms with Crippen LogP contribution in [0.2, 0.25) is 5.22 Å². The van der Waals surface area contributed by atoms with Crippen LogP contribution in [0.5, 0.6) is 0 Å². The molecule has 0 aliphatic heterocycles. The van der Waals surface area contributed by atoms with Crippen LogP contribution < -0.4 is 5.73 Å². The summed E-state index contributed by atoms with van der Waals surface area (Å²) < 4.78 is 5.14. The van der Waals surface area contributed by atoms with Gasteiger partial charge in [0.15, 0.2) is 5.22 Å². The third kappa shape index (κ3) is 2.24. The zero-order valence-corrected chi connectivity index (χ0v) is 7.27. The topological polar surface area (TPSA) is 39.2 Å². The molecule has 2 nitrogen and oxygen atoms in total. The minimum atomic E-state index is -0.00694. The SMILES string of the molecule is CCC[C@H](N)c1ccc(Cl)o1. The van der Waals surface area contributed by atoms with E-state index in [0.717, 1.165) is 18.6 Å². The second-order valence-corrected chi connectivity index (χ2v) is 2.91. The molecular weight excluding hydrogens is 162 g/mol. The molecule has 0 radical (unpaired) electrons. The highest BCUT2D eigenvalue weighted by molar-refractivity contribution is 6.28. The fraction of sp³-hybridized carbons (Fsp3) is 0.500. The van der Waals surface area contributed by atoms with Crippen LogP contribution in [0.25, 0.3) is 0 Å². The summed E-state index contributed by atoms with van der Waals surface area (Å²) in [4.78, 5) is 0. The molecule has 3 heteroatoms. The lowest BCUT2D eigenvalue weighted by atomic mass is 10.1. The maximum absolute atomic E-state index is 5.77. The molecule has 0 amide bonds. The predicted octanol–water partition coefficient (Wildman–Crippen LogP) is 2.73. The Morgan fingerprint density at radius 3 is 2.82 bits per heavy atom. The molecule has 1 aromatic rings. The molecule has 0 saturated heterocycles. The van der Waals surface area contributed by atoms with Gasteiger partial charge in [-0.2, -0.15) is 0 Å². The molecule has 0 fully saturated rings. The summed E-state index contributed by atoms with van der Waals surface area (Å²) in [7, 11) is 0. The lowest BCUT2D eigenvalue weighted by Crippen LogP contribution is -2.08. The van der Waals surface area contributed by atoms with Crippen molar-refractivity contribution in [3.05, 3.63) is 23.1 Å². The van der Waals surface area contributed by atoms with Gasteiger partial charge in [0.1, 0.15) is 5.76 Å². The van der Waals surface area contributed by atoms with E-state index < -0.39 is 0 Å². The van der Waals surface area contributed by atoms with Gasteiger partial charge in [-0.3, -0.25) is 0 Å². The molecule has 0 aliphatic carbocycles. The molecule has 1 rings (SSSR count). The van der Waals surface area contributed by atoms with E-state index in [0.29, 0.717) is 5.22 Å². The average molecular weight is 174 g/mol. The maximum atomic E-state index is 5.77. The van der Waals surface area contributed by atoms with Gasteiger partial charge in [-0.05, 0) is 30.2 Å². The van der Waals surface area contributed by atoms with Crippen molar-refractivity contribution in [2.24, 2.45) is 5.73 Å². The van der Waals surface area contributed by atoms with E-state index in [1.165, 1.54) is 0 Å². The van der Waals surface area contributed by atoms with Crippen molar-refractivity contribution in [1.29, 1.82) is 0 Å². The van der Waals surface area contributed by atoms with Gasteiger partial charge in [0.2, 0.25) is 0 Å². The first-order valence-electron chi connectivity index (χ1n) is 3.75. The van der Waals surface area contributed by atoms with Crippen LogP contribution >= 0.6 is 11.6 Å². The molecule has 0 unspecified atom stereocenters. The van der Waals surface area contributed by atoms with E-state index in [9.17, 15) is 0 Å². The van der Waals surface area contributed by atoms with Gasteiger partial charge in [-0.15, -0.1) is 0 Å². The van der Waals surface area contributed by atoms with Crippen molar-refractivity contribution in [3.8, 4) is 0 Å². The van der Waals surface area contributed by atoms with Crippen molar-refractivity contribution < 1.29 is 4.42 Å². The fourth-order valence-electron chi connectivity index (χ4n) is 0.981. The van der Waals surface area contributed by atoms with Gasteiger partial charge in [0, 0.05) is 0 Å². The second-order valence-electron chi connectivity index (χ2n) is 2.54. The molecule has 0 bridgehead atoms. The highest BCUT2D eigenvalue weighted by atomic mass is 35.5. The molecule has 0 saturated carbocycles. The smallest absolute Gasteiger partial charge is 0.193 e. The summed E-state index contributed by atoms with van der Waals surface area (Å²) in [5.74, 6) is 0.775. The van der Waals surface area contributed by atoms with Crippen molar-refractivity contribution in [2.75, 3.05) is 0 Å².